The minimum absolute atomic E-state index is 0.0926. The van der Waals surface area contributed by atoms with E-state index in [-0.39, 0.29) is 12.4 Å². The lowest BCUT2D eigenvalue weighted by Gasteiger charge is -2.12. The Hall–Kier alpha value is -4.63. The van der Waals surface area contributed by atoms with Gasteiger partial charge in [-0.25, -0.2) is 19.3 Å². The zero-order valence-corrected chi connectivity index (χ0v) is 20.3. The maximum absolute atomic E-state index is 13.6. The van der Waals surface area contributed by atoms with Crippen molar-refractivity contribution in [3.05, 3.63) is 102 Å². The first kappa shape index (κ1) is 24.1. The number of aliphatic imine (C=N–C) groups is 1. The van der Waals surface area contributed by atoms with Crippen LogP contribution < -0.4 is 10.6 Å². The highest BCUT2D eigenvalue weighted by molar-refractivity contribution is 5.88. The van der Waals surface area contributed by atoms with Crippen LogP contribution in [0.5, 0.6) is 0 Å². The first-order valence-electron chi connectivity index (χ1n) is 11.9. The molecule has 0 spiro atoms. The third-order valence-corrected chi connectivity index (χ3v) is 5.86. The maximum atomic E-state index is 13.6. The first-order chi connectivity index (χ1) is 18.1. The lowest BCUT2D eigenvalue weighted by Crippen LogP contribution is -2.29. The van der Waals surface area contributed by atoms with Crippen molar-refractivity contribution in [2.75, 3.05) is 18.9 Å². The van der Waals surface area contributed by atoms with Crippen LogP contribution in [-0.4, -0.2) is 43.9 Å². The van der Waals surface area contributed by atoms with Gasteiger partial charge in [-0.3, -0.25) is 9.39 Å². The van der Waals surface area contributed by atoms with Gasteiger partial charge in [-0.15, -0.1) is 0 Å². The highest BCUT2D eigenvalue weighted by Crippen LogP contribution is 2.32. The Balaban J connectivity index is 1.46. The monoisotopic (exact) mass is 495 g/mol. The number of rotatable bonds is 7. The highest BCUT2D eigenvalue weighted by atomic mass is 19.1. The molecule has 1 aromatic carbocycles. The molecule has 0 aliphatic heterocycles. The Labute approximate surface area is 213 Å². The van der Waals surface area contributed by atoms with Crippen molar-refractivity contribution in [2.24, 2.45) is 4.99 Å². The van der Waals surface area contributed by atoms with Gasteiger partial charge in [0.2, 0.25) is 5.95 Å². The molecule has 37 heavy (non-hydrogen) atoms. The summed E-state index contributed by atoms with van der Waals surface area (Å²) in [7, 11) is 1.73. The Morgan fingerprint density at radius 1 is 1.14 bits per heavy atom. The fourth-order valence-electron chi connectivity index (χ4n) is 4.00. The average molecular weight is 496 g/mol. The number of benzene rings is 1. The molecule has 1 aliphatic carbocycles. The number of halogens is 1. The number of aliphatic hydroxyl groups is 1. The number of nitrogens with one attached hydrogen (secondary N) is 2. The predicted molar refractivity (Wildman–Crippen MR) is 143 cm³/mol. The van der Waals surface area contributed by atoms with Gasteiger partial charge < -0.3 is 15.7 Å². The van der Waals surface area contributed by atoms with Crippen LogP contribution in [0.15, 0.2) is 95.9 Å². The molecule has 9 heteroatoms. The maximum Gasteiger partial charge on any atom is 0.223 e. The Kier molecular flexibility index (Phi) is 7.14. The predicted octanol–water partition coefficient (Wildman–Crippen LogP) is 4.52. The zero-order chi connectivity index (χ0) is 25.6. The molecular formula is C28H26FN7O. The van der Waals surface area contributed by atoms with E-state index in [0.717, 1.165) is 34.8 Å². The lowest BCUT2D eigenvalue weighted by atomic mass is 10.1. The number of amidine groups is 1. The van der Waals surface area contributed by atoms with Crippen LogP contribution in [0.3, 0.4) is 0 Å². The molecular weight excluding hydrogens is 469 g/mol. The third-order valence-electron chi connectivity index (χ3n) is 5.86. The van der Waals surface area contributed by atoms with Crippen molar-refractivity contribution >= 4 is 17.4 Å². The van der Waals surface area contributed by atoms with Crippen LogP contribution in [0.1, 0.15) is 12.0 Å². The quantitative estimate of drug-likeness (QED) is 0.258. The van der Waals surface area contributed by atoms with Crippen molar-refractivity contribution in [3.8, 4) is 22.6 Å². The number of fused-ring (bicyclic) bond motifs is 1. The van der Waals surface area contributed by atoms with Gasteiger partial charge in [0.05, 0.1) is 30.2 Å². The van der Waals surface area contributed by atoms with Crippen LogP contribution in [0.4, 0.5) is 10.3 Å². The number of aliphatic hydroxyl groups excluding tert-OH is 1. The van der Waals surface area contributed by atoms with E-state index in [1.165, 1.54) is 12.1 Å². The van der Waals surface area contributed by atoms with Gasteiger partial charge in [0.15, 0.2) is 0 Å². The molecule has 3 heterocycles. The van der Waals surface area contributed by atoms with Crippen molar-refractivity contribution in [3.63, 3.8) is 0 Å². The van der Waals surface area contributed by atoms with Gasteiger partial charge >= 0.3 is 0 Å². The van der Waals surface area contributed by atoms with Crippen LogP contribution in [0.25, 0.3) is 28.3 Å². The average Bonchev–Trinajstić information content (AvgIpc) is 3.11. The van der Waals surface area contributed by atoms with Gasteiger partial charge in [0.1, 0.15) is 17.3 Å². The van der Waals surface area contributed by atoms with E-state index in [4.69, 9.17) is 9.97 Å². The summed E-state index contributed by atoms with van der Waals surface area (Å²) >= 11 is 0. The number of hydrogen-bond donors (Lipinski definition) is 3. The largest absolute Gasteiger partial charge is 0.392 e. The standard InChI is InChI=1S/C28H26FN7O/c1-30-24(33-22-6-4-2-3-5-7-22)17-32-28-31-14-12-23(34-28)27-26(20-8-10-21(29)11-9-20)35-25-16-19(18-37)13-15-36(25)27/h2-4,6-16,37H,5,17-18H2,1H3,(H,30,33)(H,31,32,34). The van der Waals surface area contributed by atoms with Crippen LogP contribution >= 0.6 is 0 Å². The van der Waals surface area contributed by atoms with E-state index >= 15 is 0 Å². The second kappa shape index (κ2) is 11.0. The lowest BCUT2D eigenvalue weighted by molar-refractivity contribution is 0.282. The van der Waals surface area contributed by atoms with Crippen molar-refractivity contribution < 1.29 is 9.50 Å². The third kappa shape index (κ3) is 5.46. The summed E-state index contributed by atoms with van der Waals surface area (Å²) in [6.45, 7) is 0.307. The summed E-state index contributed by atoms with van der Waals surface area (Å²) in [5.41, 5.74) is 5.15. The van der Waals surface area contributed by atoms with E-state index in [1.54, 1.807) is 25.4 Å². The van der Waals surface area contributed by atoms with Crippen LogP contribution in [0, 0.1) is 5.82 Å². The summed E-state index contributed by atoms with van der Waals surface area (Å²) in [6.07, 6.45) is 14.5. The fraction of sp³-hybridized carbons (Fsp3) is 0.143. The minimum Gasteiger partial charge on any atom is -0.392 e. The molecule has 0 radical (unpaired) electrons. The van der Waals surface area contributed by atoms with Gasteiger partial charge in [-0.1, -0.05) is 24.3 Å². The number of nitrogens with zero attached hydrogens (tertiary/aromatic N) is 5. The van der Waals surface area contributed by atoms with E-state index in [9.17, 15) is 9.50 Å². The molecule has 186 valence electrons. The molecule has 0 amide bonds. The molecule has 5 rings (SSSR count). The zero-order valence-electron chi connectivity index (χ0n) is 20.3. The van der Waals surface area contributed by atoms with E-state index < -0.39 is 0 Å². The van der Waals surface area contributed by atoms with Gasteiger partial charge in [0.25, 0.3) is 0 Å². The summed E-state index contributed by atoms with van der Waals surface area (Å²) in [4.78, 5) is 18.3. The second-order valence-corrected chi connectivity index (χ2v) is 8.33. The Morgan fingerprint density at radius 2 is 2.00 bits per heavy atom. The van der Waals surface area contributed by atoms with Crippen LogP contribution in [0.2, 0.25) is 0 Å². The van der Waals surface area contributed by atoms with Crippen LogP contribution in [-0.2, 0) is 6.61 Å². The molecule has 0 unspecified atom stereocenters. The van der Waals surface area contributed by atoms with Crippen molar-refractivity contribution in [2.45, 2.75) is 13.0 Å². The molecule has 0 bridgehead atoms. The number of imidazole rings is 1. The molecule has 3 N–H and O–H groups in total. The molecule has 0 saturated heterocycles. The van der Waals surface area contributed by atoms with Crippen molar-refractivity contribution in [1.82, 2.24) is 24.7 Å². The van der Waals surface area contributed by atoms with E-state index in [2.05, 4.69) is 32.8 Å². The highest BCUT2D eigenvalue weighted by Gasteiger charge is 2.18. The molecule has 8 nitrogen and oxygen atoms in total. The number of pyridine rings is 1. The summed E-state index contributed by atoms with van der Waals surface area (Å²) in [6, 6.07) is 11.6. The second-order valence-electron chi connectivity index (χ2n) is 8.33. The Morgan fingerprint density at radius 3 is 2.81 bits per heavy atom. The number of allylic oxidation sites excluding steroid dienone is 5. The van der Waals surface area contributed by atoms with Gasteiger partial charge in [-0.05, 0) is 60.5 Å². The summed E-state index contributed by atoms with van der Waals surface area (Å²) < 4.78 is 15.5. The molecule has 1 aliphatic rings. The summed E-state index contributed by atoms with van der Waals surface area (Å²) in [5.74, 6) is 0.850. The molecule has 0 saturated carbocycles. The van der Waals surface area contributed by atoms with Gasteiger partial charge in [0, 0.05) is 30.7 Å². The minimum atomic E-state index is -0.321. The SMILES string of the molecule is CN=C(CNc1nccc(-c2c(-c3ccc(F)cc3)nc3cc(CO)ccn23)n1)NC1=CCC=CC=C1. The Bertz CT molecular complexity index is 1530. The van der Waals surface area contributed by atoms with E-state index in [0.29, 0.717) is 29.5 Å². The molecule has 0 atom stereocenters. The van der Waals surface area contributed by atoms with Gasteiger partial charge in [-0.2, -0.15) is 0 Å². The molecule has 0 fully saturated rings. The number of aromatic nitrogens is 4. The van der Waals surface area contributed by atoms with E-state index in [1.807, 2.05) is 47.0 Å². The van der Waals surface area contributed by atoms with Crippen molar-refractivity contribution in [1.29, 1.82) is 0 Å². The first-order valence-corrected chi connectivity index (χ1v) is 11.9. The molecule has 3 aromatic heterocycles. The number of hydrogen-bond acceptors (Lipinski definition) is 6. The summed E-state index contributed by atoms with van der Waals surface area (Å²) in [5, 5.41) is 16.2. The fourth-order valence-corrected chi connectivity index (χ4v) is 4.00. The smallest absolute Gasteiger partial charge is 0.223 e. The topological polar surface area (TPSA) is 99.7 Å². The number of anilines is 1. The normalized spacial score (nSPS) is 13.5. The molecule has 4 aromatic rings.